The Morgan fingerprint density at radius 2 is 1.56 bits per heavy atom. The second-order valence-electron chi connectivity index (χ2n) is 3.92. The van der Waals surface area contributed by atoms with Gasteiger partial charge in [0.1, 0.15) is 5.75 Å². The van der Waals surface area contributed by atoms with E-state index in [1.54, 1.807) is 43.5 Å². The molecule has 0 aliphatic carbocycles. The predicted octanol–water partition coefficient (Wildman–Crippen LogP) is 2.67. The van der Waals surface area contributed by atoms with Gasteiger partial charge in [-0.3, -0.25) is 0 Å². The van der Waals surface area contributed by atoms with Gasteiger partial charge in [-0.25, -0.2) is 8.42 Å². The molecule has 0 heterocycles. The molecule has 2 aromatic rings. The summed E-state index contributed by atoms with van der Waals surface area (Å²) in [5.41, 5.74) is 0.785. The third kappa shape index (κ3) is 2.90. The molecule has 0 saturated carbocycles. The molecule has 0 atom stereocenters. The van der Waals surface area contributed by atoms with Crippen LogP contribution in [0.15, 0.2) is 59.5 Å². The van der Waals surface area contributed by atoms with E-state index in [1.165, 1.54) is 0 Å². The molecule has 0 aromatic heterocycles. The van der Waals surface area contributed by atoms with Crippen molar-refractivity contribution in [3.8, 4) is 5.75 Å². The number of hydrogen-bond acceptors (Lipinski definition) is 3. The molecule has 2 rings (SSSR count). The standard InChI is InChI=1S/C14H14O3S/c1-17-13-7-9-14(10-8-13)18(15,16)11-12-5-3-2-4-6-12/h2-10H,11H2,1H3. The van der Waals surface area contributed by atoms with E-state index in [9.17, 15) is 8.42 Å². The number of hydrogen-bond donors (Lipinski definition) is 0. The highest BCUT2D eigenvalue weighted by Crippen LogP contribution is 2.19. The average Bonchev–Trinajstić information content (AvgIpc) is 2.39. The highest BCUT2D eigenvalue weighted by atomic mass is 32.2. The summed E-state index contributed by atoms with van der Waals surface area (Å²) in [4.78, 5) is 0.312. The molecule has 0 aliphatic rings. The van der Waals surface area contributed by atoms with Crippen molar-refractivity contribution in [2.75, 3.05) is 7.11 Å². The van der Waals surface area contributed by atoms with Gasteiger partial charge >= 0.3 is 0 Å². The Labute approximate surface area is 107 Å². The monoisotopic (exact) mass is 262 g/mol. The first-order valence-electron chi connectivity index (χ1n) is 5.52. The summed E-state index contributed by atoms with van der Waals surface area (Å²) in [5.74, 6) is 0.661. The zero-order valence-electron chi connectivity index (χ0n) is 10.0. The van der Waals surface area contributed by atoms with E-state index in [0.29, 0.717) is 10.6 Å². The first kappa shape index (κ1) is 12.6. The molecular formula is C14H14O3S. The van der Waals surface area contributed by atoms with Gasteiger partial charge in [-0.15, -0.1) is 0 Å². The average molecular weight is 262 g/mol. The normalized spacial score (nSPS) is 11.2. The van der Waals surface area contributed by atoms with E-state index in [1.807, 2.05) is 18.2 Å². The van der Waals surface area contributed by atoms with Crippen LogP contribution in [0.5, 0.6) is 5.75 Å². The van der Waals surface area contributed by atoms with Gasteiger partial charge in [0.15, 0.2) is 9.84 Å². The molecule has 4 heteroatoms. The van der Waals surface area contributed by atoms with Gasteiger partial charge in [0.05, 0.1) is 17.8 Å². The number of rotatable bonds is 4. The van der Waals surface area contributed by atoms with E-state index in [4.69, 9.17) is 4.74 Å². The van der Waals surface area contributed by atoms with Gasteiger partial charge in [-0.05, 0) is 29.8 Å². The molecule has 2 aromatic carbocycles. The minimum atomic E-state index is -3.29. The highest BCUT2D eigenvalue weighted by Gasteiger charge is 2.14. The van der Waals surface area contributed by atoms with E-state index >= 15 is 0 Å². The summed E-state index contributed by atoms with van der Waals surface area (Å²) >= 11 is 0. The highest BCUT2D eigenvalue weighted by molar-refractivity contribution is 7.90. The van der Waals surface area contributed by atoms with Crippen molar-refractivity contribution in [3.05, 3.63) is 60.2 Å². The van der Waals surface area contributed by atoms with Gasteiger partial charge in [0, 0.05) is 0 Å². The molecule has 3 nitrogen and oxygen atoms in total. The Bertz CT molecular complexity index is 601. The molecule has 0 N–H and O–H groups in total. The minimum absolute atomic E-state index is 0.0141. The molecule has 0 bridgehead atoms. The lowest BCUT2D eigenvalue weighted by atomic mass is 10.2. The van der Waals surface area contributed by atoms with Crippen LogP contribution >= 0.6 is 0 Å². The Morgan fingerprint density at radius 3 is 2.11 bits per heavy atom. The lowest BCUT2D eigenvalue weighted by Crippen LogP contribution is -2.04. The fraction of sp³-hybridized carbons (Fsp3) is 0.143. The van der Waals surface area contributed by atoms with E-state index < -0.39 is 9.84 Å². The minimum Gasteiger partial charge on any atom is -0.497 e. The van der Waals surface area contributed by atoms with Crippen molar-refractivity contribution in [2.24, 2.45) is 0 Å². The third-order valence-corrected chi connectivity index (χ3v) is 4.32. The molecule has 0 amide bonds. The lowest BCUT2D eigenvalue weighted by Gasteiger charge is -2.05. The van der Waals surface area contributed by atoms with Crippen molar-refractivity contribution >= 4 is 9.84 Å². The molecule has 0 spiro atoms. The lowest BCUT2D eigenvalue weighted by molar-refractivity contribution is 0.414. The fourth-order valence-electron chi connectivity index (χ4n) is 1.66. The Balaban J connectivity index is 2.25. The van der Waals surface area contributed by atoms with E-state index in [0.717, 1.165) is 5.56 Å². The quantitative estimate of drug-likeness (QED) is 0.850. The molecule has 0 fully saturated rings. The summed E-state index contributed by atoms with van der Waals surface area (Å²) in [6.07, 6.45) is 0. The van der Waals surface area contributed by atoms with Gasteiger partial charge in [0.2, 0.25) is 0 Å². The SMILES string of the molecule is COc1ccc(S(=O)(=O)Cc2ccccc2)cc1. The Kier molecular flexibility index (Phi) is 3.67. The first-order valence-corrected chi connectivity index (χ1v) is 7.18. The van der Waals surface area contributed by atoms with Crippen molar-refractivity contribution in [3.63, 3.8) is 0 Å². The number of ether oxygens (including phenoxy) is 1. The van der Waals surface area contributed by atoms with Crippen LogP contribution < -0.4 is 4.74 Å². The maximum Gasteiger partial charge on any atom is 0.182 e. The summed E-state index contributed by atoms with van der Waals surface area (Å²) < 4.78 is 29.3. The van der Waals surface area contributed by atoms with E-state index in [-0.39, 0.29) is 5.75 Å². The van der Waals surface area contributed by atoms with Gasteiger partial charge in [0.25, 0.3) is 0 Å². The summed E-state index contributed by atoms with van der Waals surface area (Å²) in [6, 6.07) is 15.6. The smallest absolute Gasteiger partial charge is 0.182 e. The molecule has 18 heavy (non-hydrogen) atoms. The summed E-state index contributed by atoms with van der Waals surface area (Å²) in [6.45, 7) is 0. The van der Waals surface area contributed by atoms with Crippen LogP contribution in [0.4, 0.5) is 0 Å². The topological polar surface area (TPSA) is 43.4 Å². The summed E-state index contributed by atoms with van der Waals surface area (Å²) in [5, 5.41) is 0. The fourth-order valence-corrected chi connectivity index (χ4v) is 3.01. The van der Waals surface area contributed by atoms with Gasteiger partial charge in [-0.2, -0.15) is 0 Å². The van der Waals surface area contributed by atoms with Crippen LogP contribution in [0.25, 0.3) is 0 Å². The van der Waals surface area contributed by atoms with Crippen LogP contribution in [-0.4, -0.2) is 15.5 Å². The maximum atomic E-state index is 12.2. The Morgan fingerprint density at radius 1 is 0.944 bits per heavy atom. The van der Waals surface area contributed by atoms with Crippen molar-refractivity contribution in [2.45, 2.75) is 10.6 Å². The van der Waals surface area contributed by atoms with Crippen molar-refractivity contribution in [1.82, 2.24) is 0 Å². The van der Waals surface area contributed by atoms with Crippen molar-refractivity contribution in [1.29, 1.82) is 0 Å². The second-order valence-corrected chi connectivity index (χ2v) is 5.91. The molecule has 0 unspecified atom stereocenters. The van der Waals surface area contributed by atoms with E-state index in [2.05, 4.69) is 0 Å². The van der Waals surface area contributed by atoms with Crippen LogP contribution in [-0.2, 0) is 15.6 Å². The molecule has 0 aliphatic heterocycles. The summed E-state index contributed by atoms with van der Waals surface area (Å²) in [7, 11) is -1.74. The maximum absolute atomic E-state index is 12.2. The van der Waals surface area contributed by atoms with Gasteiger partial charge in [-0.1, -0.05) is 30.3 Å². The zero-order valence-corrected chi connectivity index (χ0v) is 10.9. The number of methoxy groups -OCH3 is 1. The largest absolute Gasteiger partial charge is 0.497 e. The van der Waals surface area contributed by atoms with Crippen molar-refractivity contribution < 1.29 is 13.2 Å². The number of sulfone groups is 1. The molecular weight excluding hydrogens is 248 g/mol. The molecule has 94 valence electrons. The molecule has 0 radical (unpaired) electrons. The third-order valence-electron chi connectivity index (χ3n) is 2.62. The predicted molar refractivity (Wildman–Crippen MR) is 70.3 cm³/mol. The Hall–Kier alpha value is -1.81. The van der Waals surface area contributed by atoms with Crippen LogP contribution in [0.1, 0.15) is 5.56 Å². The van der Waals surface area contributed by atoms with Crippen LogP contribution in [0, 0.1) is 0 Å². The molecule has 0 saturated heterocycles. The van der Waals surface area contributed by atoms with Gasteiger partial charge < -0.3 is 4.74 Å². The zero-order chi connectivity index (χ0) is 13.0. The second kappa shape index (κ2) is 5.23. The number of benzene rings is 2. The van der Waals surface area contributed by atoms with Crippen LogP contribution in [0.3, 0.4) is 0 Å². The first-order chi connectivity index (χ1) is 8.62. The van der Waals surface area contributed by atoms with Crippen LogP contribution in [0.2, 0.25) is 0 Å².